The Hall–Kier alpha value is -4.34. The summed E-state index contributed by atoms with van der Waals surface area (Å²) >= 11 is 6.07. The number of nitrogens with zero attached hydrogens (tertiary/aromatic N) is 2. The average Bonchev–Trinajstić information content (AvgIpc) is 3.07. The largest absolute Gasteiger partial charge is 0.494 e. The highest BCUT2D eigenvalue weighted by atomic mass is 35.5. The second-order valence-corrected chi connectivity index (χ2v) is 13.7. The average molecular weight is 676 g/mol. The van der Waals surface area contributed by atoms with Gasteiger partial charge in [0.05, 0.1) is 17.2 Å². The number of anilines is 1. The summed E-state index contributed by atoms with van der Waals surface area (Å²) in [6.07, 6.45) is 0.953. The van der Waals surface area contributed by atoms with Gasteiger partial charge < -0.3 is 15.0 Å². The van der Waals surface area contributed by atoms with Crippen molar-refractivity contribution in [1.82, 2.24) is 10.2 Å². The minimum Gasteiger partial charge on any atom is -0.494 e. The summed E-state index contributed by atoms with van der Waals surface area (Å²) in [5.74, 6) is -0.272. The van der Waals surface area contributed by atoms with Gasteiger partial charge >= 0.3 is 0 Å². The minimum atomic E-state index is -4.25. The number of sulfonamides is 1. The first-order valence-corrected chi connectivity index (χ1v) is 17.5. The monoisotopic (exact) mass is 675 g/mol. The normalized spacial score (nSPS) is 12.5. The van der Waals surface area contributed by atoms with Crippen LogP contribution in [0.5, 0.6) is 5.75 Å². The molecule has 4 aromatic rings. The lowest BCUT2D eigenvalue weighted by atomic mass is 10.0. The van der Waals surface area contributed by atoms with Crippen molar-refractivity contribution >= 4 is 39.1 Å². The van der Waals surface area contributed by atoms with Gasteiger partial charge in [-0.25, -0.2) is 8.42 Å². The van der Waals surface area contributed by atoms with Gasteiger partial charge in [0.15, 0.2) is 0 Å². The molecule has 0 heterocycles. The number of rotatable bonds is 15. The van der Waals surface area contributed by atoms with Gasteiger partial charge in [-0.3, -0.25) is 13.9 Å². The van der Waals surface area contributed by atoms with E-state index in [1.165, 1.54) is 29.2 Å². The topological polar surface area (TPSA) is 96.0 Å². The molecule has 0 aliphatic rings. The number of aryl methyl sites for hydroxylation is 1. The Morgan fingerprint density at radius 1 is 0.851 bits per heavy atom. The van der Waals surface area contributed by atoms with Crippen LogP contribution in [0.4, 0.5) is 5.69 Å². The molecule has 0 saturated carbocycles. The first-order chi connectivity index (χ1) is 22.5. The van der Waals surface area contributed by atoms with Gasteiger partial charge in [-0.1, -0.05) is 78.7 Å². The van der Waals surface area contributed by atoms with Crippen molar-refractivity contribution in [3.63, 3.8) is 0 Å². The number of ether oxygens (including phenoxy) is 1. The molecular weight excluding hydrogens is 634 g/mol. The lowest BCUT2D eigenvalue weighted by molar-refractivity contribution is -0.140. The molecule has 10 heteroatoms. The van der Waals surface area contributed by atoms with Crippen LogP contribution in [0.25, 0.3) is 0 Å². The summed E-state index contributed by atoms with van der Waals surface area (Å²) in [7, 11) is -4.25. The standard InChI is InChI=1S/C37H42ClN3O5S/c1-5-28(4)39-37(43)35(24-29-10-8-7-9-11-29)40(25-30-14-12-27(3)13-15-30)36(42)26-41(32-18-20-33(21-19-32)46-6-2)47(44,45)34-22-16-31(38)17-23-34/h7-23,28,35H,5-6,24-26H2,1-4H3,(H,39,43)/t28-,35+/m0/s1. The van der Waals surface area contributed by atoms with Gasteiger partial charge in [0.2, 0.25) is 11.8 Å². The zero-order valence-electron chi connectivity index (χ0n) is 27.2. The van der Waals surface area contributed by atoms with E-state index in [2.05, 4.69) is 5.32 Å². The number of carbonyl (C=O) groups is 2. The van der Waals surface area contributed by atoms with Crippen LogP contribution >= 0.6 is 11.6 Å². The van der Waals surface area contributed by atoms with Crippen molar-refractivity contribution in [3.8, 4) is 5.75 Å². The molecule has 0 aromatic heterocycles. The highest BCUT2D eigenvalue weighted by Crippen LogP contribution is 2.28. The number of halogens is 1. The molecule has 0 unspecified atom stereocenters. The van der Waals surface area contributed by atoms with E-state index in [0.717, 1.165) is 21.0 Å². The van der Waals surface area contributed by atoms with Crippen molar-refractivity contribution in [3.05, 3.63) is 125 Å². The lowest BCUT2D eigenvalue weighted by Crippen LogP contribution is -2.54. The Kier molecular flexibility index (Phi) is 12.4. The Morgan fingerprint density at radius 3 is 2.09 bits per heavy atom. The number of amides is 2. The molecule has 0 fully saturated rings. The maximum absolute atomic E-state index is 14.6. The van der Waals surface area contributed by atoms with Crippen LogP contribution in [-0.2, 0) is 32.6 Å². The summed E-state index contributed by atoms with van der Waals surface area (Å²) in [5, 5.41) is 3.44. The van der Waals surface area contributed by atoms with E-state index in [1.807, 2.05) is 82.3 Å². The number of hydrogen-bond donors (Lipinski definition) is 1. The lowest BCUT2D eigenvalue weighted by Gasteiger charge is -2.34. The van der Waals surface area contributed by atoms with E-state index in [1.54, 1.807) is 24.3 Å². The van der Waals surface area contributed by atoms with Gasteiger partial charge in [0.1, 0.15) is 18.3 Å². The molecule has 248 valence electrons. The van der Waals surface area contributed by atoms with Gasteiger partial charge in [-0.05, 0) is 86.8 Å². The van der Waals surface area contributed by atoms with Gasteiger partial charge in [0.25, 0.3) is 10.0 Å². The summed E-state index contributed by atoms with van der Waals surface area (Å²) in [6, 6.07) is 28.5. The second-order valence-electron chi connectivity index (χ2n) is 11.4. The third-order valence-electron chi connectivity index (χ3n) is 7.86. The SMILES string of the molecule is CCOc1ccc(N(CC(=O)N(Cc2ccc(C)cc2)[C@H](Cc2ccccc2)C(=O)N[C@@H](C)CC)S(=O)(=O)c2ccc(Cl)cc2)cc1. The fraction of sp³-hybridized carbons (Fsp3) is 0.297. The van der Waals surface area contributed by atoms with E-state index in [9.17, 15) is 18.0 Å². The van der Waals surface area contributed by atoms with Crippen molar-refractivity contribution in [2.24, 2.45) is 0 Å². The molecule has 47 heavy (non-hydrogen) atoms. The third-order valence-corrected chi connectivity index (χ3v) is 9.90. The number of nitrogens with one attached hydrogen (secondary N) is 1. The van der Waals surface area contributed by atoms with E-state index in [0.29, 0.717) is 23.8 Å². The first-order valence-electron chi connectivity index (χ1n) is 15.7. The Bertz CT molecular complexity index is 1720. The predicted molar refractivity (Wildman–Crippen MR) is 187 cm³/mol. The molecule has 0 saturated heterocycles. The van der Waals surface area contributed by atoms with E-state index < -0.39 is 28.5 Å². The van der Waals surface area contributed by atoms with Crippen molar-refractivity contribution < 1.29 is 22.7 Å². The fourth-order valence-electron chi connectivity index (χ4n) is 5.02. The minimum absolute atomic E-state index is 0.0241. The quantitative estimate of drug-likeness (QED) is 0.150. The van der Waals surface area contributed by atoms with Crippen molar-refractivity contribution in [2.75, 3.05) is 17.5 Å². The molecule has 4 aromatic carbocycles. The molecule has 0 aliphatic heterocycles. The molecule has 0 aliphatic carbocycles. The molecule has 0 bridgehead atoms. The highest BCUT2D eigenvalue weighted by molar-refractivity contribution is 7.92. The van der Waals surface area contributed by atoms with Gasteiger partial charge in [0, 0.05) is 24.0 Å². The van der Waals surface area contributed by atoms with Gasteiger partial charge in [-0.2, -0.15) is 0 Å². The van der Waals surface area contributed by atoms with Crippen LogP contribution < -0.4 is 14.4 Å². The molecule has 1 N–H and O–H groups in total. The van der Waals surface area contributed by atoms with Crippen molar-refractivity contribution in [1.29, 1.82) is 0 Å². The summed E-state index contributed by atoms with van der Waals surface area (Å²) in [6.45, 7) is 7.71. The molecule has 0 radical (unpaired) electrons. The fourth-order valence-corrected chi connectivity index (χ4v) is 6.56. The maximum Gasteiger partial charge on any atom is 0.264 e. The maximum atomic E-state index is 14.6. The molecule has 8 nitrogen and oxygen atoms in total. The number of carbonyl (C=O) groups excluding carboxylic acids is 2. The third kappa shape index (κ3) is 9.59. The highest BCUT2D eigenvalue weighted by Gasteiger charge is 2.35. The van der Waals surface area contributed by atoms with E-state index in [-0.39, 0.29) is 35.5 Å². The molecule has 2 amide bonds. The Labute approximate surface area is 283 Å². The zero-order chi connectivity index (χ0) is 34.0. The van der Waals surface area contributed by atoms with Gasteiger partial charge in [-0.15, -0.1) is 0 Å². The van der Waals surface area contributed by atoms with Crippen molar-refractivity contribution in [2.45, 2.75) is 64.1 Å². The summed E-state index contributed by atoms with van der Waals surface area (Å²) in [5.41, 5.74) is 3.01. The molecule has 4 rings (SSSR count). The molecule has 0 spiro atoms. The zero-order valence-corrected chi connectivity index (χ0v) is 28.8. The van der Waals surface area contributed by atoms with E-state index in [4.69, 9.17) is 16.3 Å². The first kappa shape index (κ1) is 35.5. The van der Waals surface area contributed by atoms with Crippen LogP contribution in [0.1, 0.15) is 43.9 Å². The van der Waals surface area contributed by atoms with E-state index >= 15 is 0 Å². The van der Waals surface area contributed by atoms with Crippen LogP contribution in [0.15, 0.2) is 108 Å². The Morgan fingerprint density at radius 2 is 1.49 bits per heavy atom. The molecular formula is C37H42ClN3O5S. The smallest absolute Gasteiger partial charge is 0.264 e. The Balaban J connectivity index is 1.80. The number of hydrogen-bond acceptors (Lipinski definition) is 5. The number of benzene rings is 4. The van der Waals surface area contributed by atoms with Crippen LogP contribution in [-0.4, -0.2) is 50.4 Å². The van der Waals surface area contributed by atoms with Crippen LogP contribution in [0.3, 0.4) is 0 Å². The van der Waals surface area contributed by atoms with Crippen LogP contribution in [0, 0.1) is 6.92 Å². The predicted octanol–water partition coefficient (Wildman–Crippen LogP) is 6.80. The summed E-state index contributed by atoms with van der Waals surface area (Å²) in [4.78, 5) is 30.0. The molecule has 2 atom stereocenters. The van der Waals surface area contributed by atoms with Crippen LogP contribution in [0.2, 0.25) is 5.02 Å². The second kappa shape index (κ2) is 16.5. The summed E-state index contributed by atoms with van der Waals surface area (Å²) < 4.78 is 35.0.